The van der Waals surface area contributed by atoms with Crippen molar-refractivity contribution in [2.45, 2.75) is 6.42 Å². The first-order chi connectivity index (χ1) is 11.3. The Morgan fingerprint density at radius 3 is 2.61 bits per heavy atom. The molecule has 0 saturated heterocycles. The lowest BCUT2D eigenvalue weighted by Crippen LogP contribution is -2.17. The zero-order chi connectivity index (χ0) is 15.6. The highest BCUT2D eigenvalue weighted by atomic mass is 15.2. The molecule has 4 rings (SSSR count). The first kappa shape index (κ1) is 13.6. The van der Waals surface area contributed by atoms with Crippen molar-refractivity contribution < 1.29 is 0 Å². The maximum atomic E-state index is 6.34. The maximum absolute atomic E-state index is 6.34. The molecule has 0 aliphatic carbocycles. The van der Waals surface area contributed by atoms with E-state index in [1.54, 1.807) is 6.33 Å². The molecular formula is C18H17N5. The SMILES string of the molecule is Nc1c(Nc2ccccc2)ncnc1N1CCc2ccccc21. The molecule has 0 bridgehead atoms. The van der Waals surface area contributed by atoms with Gasteiger partial charge in [-0.3, -0.25) is 0 Å². The van der Waals surface area contributed by atoms with Crippen LogP contribution in [0.25, 0.3) is 0 Å². The minimum absolute atomic E-state index is 0.563. The van der Waals surface area contributed by atoms with Gasteiger partial charge >= 0.3 is 0 Å². The van der Waals surface area contributed by atoms with Crippen LogP contribution in [0.15, 0.2) is 60.9 Å². The highest BCUT2D eigenvalue weighted by Gasteiger charge is 2.23. The van der Waals surface area contributed by atoms with Crippen molar-refractivity contribution >= 4 is 28.7 Å². The van der Waals surface area contributed by atoms with E-state index in [9.17, 15) is 0 Å². The fourth-order valence-electron chi connectivity index (χ4n) is 2.92. The van der Waals surface area contributed by atoms with Gasteiger partial charge in [-0.25, -0.2) is 9.97 Å². The van der Waals surface area contributed by atoms with E-state index >= 15 is 0 Å². The molecule has 2 heterocycles. The van der Waals surface area contributed by atoms with E-state index in [1.165, 1.54) is 11.3 Å². The Morgan fingerprint density at radius 1 is 0.957 bits per heavy atom. The summed E-state index contributed by atoms with van der Waals surface area (Å²) in [5.74, 6) is 1.38. The van der Waals surface area contributed by atoms with E-state index in [0.717, 1.165) is 24.5 Å². The van der Waals surface area contributed by atoms with E-state index in [-0.39, 0.29) is 0 Å². The first-order valence-corrected chi connectivity index (χ1v) is 7.61. The molecule has 5 nitrogen and oxygen atoms in total. The first-order valence-electron chi connectivity index (χ1n) is 7.61. The van der Waals surface area contributed by atoms with Gasteiger partial charge in [-0.15, -0.1) is 0 Å². The van der Waals surface area contributed by atoms with Gasteiger partial charge in [-0.05, 0) is 30.2 Å². The number of para-hydroxylation sites is 2. The average Bonchev–Trinajstić information content (AvgIpc) is 3.02. The molecule has 1 aromatic heterocycles. The van der Waals surface area contributed by atoms with Crippen LogP contribution in [0, 0.1) is 0 Å². The second kappa shape index (κ2) is 5.61. The van der Waals surface area contributed by atoms with Crippen LogP contribution < -0.4 is 16.0 Å². The lowest BCUT2D eigenvalue weighted by atomic mass is 10.2. The molecule has 1 aliphatic rings. The van der Waals surface area contributed by atoms with Gasteiger partial charge in [-0.2, -0.15) is 0 Å². The molecule has 5 heteroatoms. The van der Waals surface area contributed by atoms with E-state index in [0.29, 0.717) is 11.5 Å². The lowest BCUT2D eigenvalue weighted by molar-refractivity contribution is 0.967. The van der Waals surface area contributed by atoms with Gasteiger partial charge in [0.05, 0.1) is 0 Å². The smallest absolute Gasteiger partial charge is 0.161 e. The Kier molecular flexibility index (Phi) is 3.31. The van der Waals surface area contributed by atoms with Crippen LogP contribution in [0.3, 0.4) is 0 Å². The number of hydrogen-bond acceptors (Lipinski definition) is 5. The Bertz CT molecular complexity index is 832. The number of nitrogen functional groups attached to an aromatic ring is 1. The predicted molar refractivity (Wildman–Crippen MR) is 93.3 cm³/mol. The molecule has 0 unspecified atom stereocenters. The molecule has 2 aromatic carbocycles. The number of benzene rings is 2. The molecule has 0 fully saturated rings. The Labute approximate surface area is 134 Å². The van der Waals surface area contributed by atoms with Gasteiger partial charge in [0.2, 0.25) is 0 Å². The Balaban J connectivity index is 1.70. The highest BCUT2D eigenvalue weighted by Crippen LogP contribution is 2.37. The minimum Gasteiger partial charge on any atom is -0.393 e. The molecular weight excluding hydrogens is 286 g/mol. The van der Waals surface area contributed by atoms with Crippen LogP contribution in [0.4, 0.5) is 28.7 Å². The summed E-state index contributed by atoms with van der Waals surface area (Å²) in [4.78, 5) is 10.9. The predicted octanol–water partition coefficient (Wildman–Crippen LogP) is 3.50. The quantitative estimate of drug-likeness (QED) is 0.775. The molecule has 0 radical (unpaired) electrons. The van der Waals surface area contributed by atoms with Crippen LogP contribution in [0.5, 0.6) is 0 Å². The van der Waals surface area contributed by atoms with E-state index < -0.39 is 0 Å². The van der Waals surface area contributed by atoms with Crippen molar-refractivity contribution in [2.24, 2.45) is 0 Å². The van der Waals surface area contributed by atoms with Crippen molar-refractivity contribution in [3.8, 4) is 0 Å². The van der Waals surface area contributed by atoms with Gasteiger partial charge in [0.15, 0.2) is 11.6 Å². The highest BCUT2D eigenvalue weighted by molar-refractivity contribution is 5.83. The molecule has 0 spiro atoms. The van der Waals surface area contributed by atoms with Crippen molar-refractivity contribution in [3.05, 3.63) is 66.5 Å². The molecule has 0 saturated carbocycles. The number of hydrogen-bond donors (Lipinski definition) is 2. The number of aromatic nitrogens is 2. The summed E-state index contributed by atoms with van der Waals surface area (Å²) in [6.45, 7) is 0.880. The van der Waals surface area contributed by atoms with Crippen molar-refractivity contribution in [1.29, 1.82) is 0 Å². The molecule has 0 amide bonds. The van der Waals surface area contributed by atoms with E-state index in [1.807, 2.05) is 36.4 Å². The third kappa shape index (κ3) is 2.46. The van der Waals surface area contributed by atoms with Crippen molar-refractivity contribution in [2.75, 3.05) is 22.5 Å². The zero-order valence-corrected chi connectivity index (χ0v) is 12.6. The summed E-state index contributed by atoms with van der Waals surface area (Å²) in [6, 6.07) is 18.2. The van der Waals surface area contributed by atoms with Crippen LogP contribution in [0.2, 0.25) is 0 Å². The maximum Gasteiger partial charge on any atom is 0.161 e. The summed E-state index contributed by atoms with van der Waals surface area (Å²) < 4.78 is 0. The summed E-state index contributed by atoms with van der Waals surface area (Å²) in [5.41, 5.74) is 10.3. The monoisotopic (exact) mass is 303 g/mol. The fraction of sp³-hybridized carbons (Fsp3) is 0.111. The lowest BCUT2D eigenvalue weighted by Gasteiger charge is -2.21. The van der Waals surface area contributed by atoms with Crippen molar-refractivity contribution in [3.63, 3.8) is 0 Å². The van der Waals surface area contributed by atoms with Gasteiger partial charge in [-0.1, -0.05) is 36.4 Å². The van der Waals surface area contributed by atoms with Gasteiger partial charge in [0, 0.05) is 17.9 Å². The number of rotatable bonds is 3. The molecule has 23 heavy (non-hydrogen) atoms. The standard InChI is InChI=1S/C18H17N5/c19-16-17(22-14-7-2-1-3-8-14)20-12-21-18(16)23-11-10-13-6-4-5-9-15(13)23/h1-9,12H,10-11,19H2,(H,20,21,22). The summed E-state index contributed by atoms with van der Waals surface area (Å²) in [5, 5.41) is 3.26. The fourth-order valence-corrected chi connectivity index (χ4v) is 2.92. The van der Waals surface area contributed by atoms with Crippen molar-refractivity contribution in [1.82, 2.24) is 9.97 Å². The average molecular weight is 303 g/mol. The van der Waals surface area contributed by atoms with Gasteiger partial charge < -0.3 is 16.0 Å². The second-order valence-electron chi connectivity index (χ2n) is 5.48. The Morgan fingerprint density at radius 2 is 1.74 bits per heavy atom. The van der Waals surface area contributed by atoms with Crippen LogP contribution >= 0.6 is 0 Å². The third-order valence-corrected chi connectivity index (χ3v) is 4.04. The van der Waals surface area contributed by atoms with Crippen LogP contribution in [-0.4, -0.2) is 16.5 Å². The summed E-state index contributed by atoms with van der Waals surface area (Å²) in [7, 11) is 0. The number of fused-ring (bicyclic) bond motifs is 1. The minimum atomic E-state index is 0.563. The summed E-state index contributed by atoms with van der Waals surface area (Å²) in [6.07, 6.45) is 2.55. The normalized spacial score (nSPS) is 13.0. The molecule has 114 valence electrons. The summed E-state index contributed by atoms with van der Waals surface area (Å²) >= 11 is 0. The van der Waals surface area contributed by atoms with Gasteiger partial charge in [0.1, 0.15) is 12.0 Å². The molecule has 0 atom stereocenters. The Hall–Kier alpha value is -3.08. The zero-order valence-electron chi connectivity index (χ0n) is 12.6. The molecule has 3 aromatic rings. The molecule has 1 aliphatic heterocycles. The topological polar surface area (TPSA) is 67.1 Å². The van der Waals surface area contributed by atoms with E-state index in [2.05, 4.69) is 38.4 Å². The third-order valence-electron chi connectivity index (χ3n) is 4.04. The van der Waals surface area contributed by atoms with Crippen LogP contribution in [0.1, 0.15) is 5.56 Å². The number of anilines is 5. The molecule has 3 N–H and O–H groups in total. The number of nitrogens with one attached hydrogen (secondary N) is 1. The van der Waals surface area contributed by atoms with Crippen LogP contribution in [-0.2, 0) is 6.42 Å². The largest absolute Gasteiger partial charge is 0.393 e. The number of nitrogens with two attached hydrogens (primary N) is 1. The van der Waals surface area contributed by atoms with E-state index in [4.69, 9.17) is 5.73 Å². The second-order valence-corrected chi connectivity index (χ2v) is 5.48. The number of nitrogens with zero attached hydrogens (tertiary/aromatic N) is 3. The van der Waals surface area contributed by atoms with Gasteiger partial charge in [0.25, 0.3) is 0 Å².